The molecule has 3 amide bonds. The van der Waals surface area contributed by atoms with Gasteiger partial charge < -0.3 is 9.47 Å². The molecule has 2 fully saturated rings. The number of carbonyl (C=O) groups is 2. The number of aromatic nitrogens is 2. The maximum atomic E-state index is 12.2. The topological polar surface area (TPSA) is 61.7 Å². The summed E-state index contributed by atoms with van der Waals surface area (Å²) in [5, 5.41) is 0. The summed E-state index contributed by atoms with van der Waals surface area (Å²) in [5.74, 6) is 0.956. The molecule has 1 aromatic heterocycles. The van der Waals surface area contributed by atoms with E-state index < -0.39 is 0 Å². The summed E-state index contributed by atoms with van der Waals surface area (Å²) >= 11 is 0. The third-order valence-corrected chi connectivity index (χ3v) is 5.14. The van der Waals surface area contributed by atoms with E-state index in [9.17, 15) is 9.59 Å². The number of nitrogens with zero attached hydrogens (tertiary/aromatic N) is 5. The smallest absolute Gasteiger partial charge is 0.327 e. The molecular weight excluding hydrogens is 306 g/mol. The van der Waals surface area contributed by atoms with Gasteiger partial charge in [-0.3, -0.25) is 14.6 Å². The quantitative estimate of drug-likeness (QED) is 0.779. The van der Waals surface area contributed by atoms with E-state index in [1.807, 2.05) is 25.2 Å². The van der Waals surface area contributed by atoms with Crippen molar-refractivity contribution in [3.05, 3.63) is 30.1 Å². The number of amides is 3. The summed E-state index contributed by atoms with van der Waals surface area (Å²) in [5.41, 5.74) is 2.15. The predicted octanol–water partition coefficient (Wildman–Crippen LogP) is 0.694. The van der Waals surface area contributed by atoms with E-state index in [0.29, 0.717) is 13.1 Å². The van der Waals surface area contributed by atoms with Gasteiger partial charge in [-0.05, 0) is 12.1 Å². The molecule has 2 aliphatic heterocycles. The number of carbonyl (C=O) groups excluding carboxylic acids is 2. The van der Waals surface area contributed by atoms with Gasteiger partial charge in [-0.1, -0.05) is 12.1 Å². The molecule has 0 spiro atoms. The van der Waals surface area contributed by atoms with Gasteiger partial charge in [0.05, 0.1) is 11.0 Å². The molecule has 0 aliphatic carbocycles. The number of hydrogen-bond donors (Lipinski definition) is 0. The average molecular weight is 327 g/mol. The number of likely N-dealkylation sites (N-methyl/N-ethyl adjacent to an activating group) is 1. The number of benzene rings is 1. The van der Waals surface area contributed by atoms with Crippen LogP contribution in [0, 0.1) is 0 Å². The molecule has 1 aromatic carbocycles. The first kappa shape index (κ1) is 15.1. The summed E-state index contributed by atoms with van der Waals surface area (Å²) < 4.78 is 2.13. The highest BCUT2D eigenvalue weighted by atomic mass is 16.2. The first-order chi connectivity index (χ1) is 11.6. The minimum atomic E-state index is -0.323. The van der Waals surface area contributed by atoms with Crippen LogP contribution in [0.25, 0.3) is 11.0 Å². The van der Waals surface area contributed by atoms with Gasteiger partial charge in [-0.15, -0.1) is 0 Å². The summed E-state index contributed by atoms with van der Waals surface area (Å²) in [4.78, 5) is 34.0. The number of rotatable bonds is 3. The number of aryl methyl sites for hydroxylation is 1. The Kier molecular flexibility index (Phi) is 3.53. The predicted molar refractivity (Wildman–Crippen MR) is 89.5 cm³/mol. The van der Waals surface area contributed by atoms with Gasteiger partial charge in [-0.25, -0.2) is 9.78 Å². The largest absolute Gasteiger partial charge is 0.331 e. The normalized spacial score (nSPS) is 21.8. The molecule has 0 N–H and O–H groups in total. The third kappa shape index (κ3) is 2.27. The van der Waals surface area contributed by atoms with Crippen molar-refractivity contribution in [1.29, 1.82) is 0 Å². The van der Waals surface area contributed by atoms with Gasteiger partial charge in [0.15, 0.2) is 0 Å². The van der Waals surface area contributed by atoms with E-state index in [1.54, 1.807) is 11.9 Å². The first-order valence-corrected chi connectivity index (χ1v) is 8.27. The lowest BCUT2D eigenvalue weighted by molar-refractivity contribution is -0.128. The van der Waals surface area contributed by atoms with E-state index in [1.165, 1.54) is 4.90 Å². The number of piperazine rings is 1. The fourth-order valence-electron chi connectivity index (χ4n) is 3.67. The molecular formula is C17H21N5O2. The van der Waals surface area contributed by atoms with Crippen molar-refractivity contribution in [3.63, 3.8) is 0 Å². The zero-order chi connectivity index (χ0) is 16.8. The van der Waals surface area contributed by atoms with Crippen LogP contribution in [0.3, 0.4) is 0 Å². The number of fused-ring (bicyclic) bond motifs is 2. The second kappa shape index (κ2) is 5.59. The highest BCUT2D eigenvalue weighted by Gasteiger charge is 2.45. The van der Waals surface area contributed by atoms with Crippen LogP contribution >= 0.6 is 0 Å². The van der Waals surface area contributed by atoms with Crippen molar-refractivity contribution >= 4 is 23.0 Å². The minimum Gasteiger partial charge on any atom is -0.331 e. The Morgan fingerprint density at radius 3 is 2.75 bits per heavy atom. The van der Waals surface area contributed by atoms with Crippen molar-refractivity contribution in [2.24, 2.45) is 7.05 Å². The van der Waals surface area contributed by atoms with Crippen LogP contribution in [0.2, 0.25) is 0 Å². The molecule has 1 unspecified atom stereocenters. The van der Waals surface area contributed by atoms with E-state index in [4.69, 9.17) is 4.98 Å². The van der Waals surface area contributed by atoms with Crippen LogP contribution in [0.15, 0.2) is 24.3 Å². The number of para-hydroxylation sites is 2. The van der Waals surface area contributed by atoms with Gasteiger partial charge in [0.25, 0.3) is 5.91 Å². The van der Waals surface area contributed by atoms with Gasteiger partial charge in [0, 0.05) is 46.7 Å². The van der Waals surface area contributed by atoms with Crippen LogP contribution in [-0.2, 0) is 18.3 Å². The van der Waals surface area contributed by atoms with E-state index >= 15 is 0 Å². The number of urea groups is 1. The Balaban J connectivity index is 1.44. The lowest BCUT2D eigenvalue weighted by Crippen LogP contribution is -2.53. The molecule has 2 saturated heterocycles. The lowest BCUT2D eigenvalue weighted by Gasteiger charge is -2.35. The number of imide groups is 1. The van der Waals surface area contributed by atoms with E-state index in [0.717, 1.165) is 36.4 Å². The highest BCUT2D eigenvalue weighted by Crippen LogP contribution is 2.21. The molecule has 7 nitrogen and oxygen atoms in total. The van der Waals surface area contributed by atoms with Gasteiger partial charge >= 0.3 is 6.03 Å². The van der Waals surface area contributed by atoms with Crippen molar-refractivity contribution in [2.45, 2.75) is 12.5 Å². The summed E-state index contributed by atoms with van der Waals surface area (Å²) in [7, 11) is 3.60. The van der Waals surface area contributed by atoms with Crippen LogP contribution in [0.1, 0.15) is 5.82 Å². The maximum absolute atomic E-state index is 12.2. The van der Waals surface area contributed by atoms with Crippen LogP contribution in [-0.4, -0.2) is 75.5 Å². The number of imidazole rings is 1. The number of hydrogen-bond acceptors (Lipinski definition) is 4. The van der Waals surface area contributed by atoms with Crippen molar-refractivity contribution in [1.82, 2.24) is 24.3 Å². The van der Waals surface area contributed by atoms with E-state index in [-0.39, 0.29) is 18.0 Å². The lowest BCUT2D eigenvalue weighted by atomic mass is 10.2. The SMILES string of the molecule is CN1C(=O)C2CN(CCc3nc4ccccc4n3C)CCN2C1=O. The zero-order valence-corrected chi connectivity index (χ0v) is 14.0. The van der Waals surface area contributed by atoms with Gasteiger partial charge in [-0.2, -0.15) is 0 Å². The molecule has 0 saturated carbocycles. The molecule has 4 rings (SSSR count). The second-order valence-electron chi connectivity index (χ2n) is 6.52. The Labute approximate surface area is 140 Å². The highest BCUT2D eigenvalue weighted by molar-refractivity contribution is 6.04. The van der Waals surface area contributed by atoms with Crippen LogP contribution < -0.4 is 0 Å². The zero-order valence-electron chi connectivity index (χ0n) is 14.0. The summed E-state index contributed by atoms with van der Waals surface area (Å²) in [6.07, 6.45) is 0.829. The molecule has 2 aromatic rings. The molecule has 0 radical (unpaired) electrons. The molecule has 24 heavy (non-hydrogen) atoms. The molecule has 126 valence electrons. The summed E-state index contributed by atoms with van der Waals surface area (Å²) in [6.45, 7) is 2.86. The molecule has 2 aliphatic rings. The Morgan fingerprint density at radius 1 is 1.17 bits per heavy atom. The Morgan fingerprint density at radius 2 is 1.96 bits per heavy atom. The van der Waals surface area contributed by atoms with Crippen LogP contribution in [0.4, 0.5) is 4.79 Å². The summed E-state index contributed by atoms with van der Waals surface area (Å²) in [6, 6.07) is 7.63. The maximum Gasteiger partial charge on any atom is 0.327 e. The average Bonchev–Trinajstić information content (AvgIpc) is 3.04. The monoisotopic (exact) mass is 327 g/mol. The molecule has 0 bridgehead atoms. The minimum absolute atomic E-state index is 0.0903. The van der Waals surface area contributed by atoms with Crippen molar-refractivity contribution < 1.29 is 9.59 Å². The standard InChI is InChI=1S/C17H21N5O2/c1-19-13-6-4-3-5-12(13)18-15(19)7-8-21-9-10-22-14(11-21)16(23)20(2)17(22)24/h3-6,14H,7-11H2,1-2H3. The fraction of sp³-hybridized carbons (Fsp3) is 0.471. The van der Waals surface area contributed by atoms with Gasteiger partial charge in [0.1, 0.15) is 11.9 Å². The molecule has 1 atom stereocenters. The van der Waals surface area contributed by atoms with Gasteiger partial charge in [0.2, 0.25) is 0 Å². The van der Waals surface area contributed by atoms with Crippen molar-refractivity contribution in [3.8, 4) is 0 Å². The van der Waals surface area contributed by atoms with E-state index in [2.05, 4.69) is 15.5 Å². The van der Waals surface area contributed by atoms with Crippen LogP contribution in [0.5, 0.6) is 0 Å². The molecule has 3 heterocycles. The second-order valence-corrected chi connectivity index (χ2v) is 6.52. The molecule has 7 heteroatoms. The third-order valence-electron chi connectivity index (χ3n) is 5.14. The first-order valence-electron chi connectivity index (χ1n) is 8.27. The Bertz CT molecular complexity index is 814. The Hall–Kier alpha value is -2.41. The van der Waals surface area contributed by atoms with Crippen molar-refractivity contribution in [2.75, 3.05) is 33.2 Å². The fourth-order valence-corrected chi connectivity index (χ4v) is 3.67.